The number of methoxy groups -OCH3 is 2. The molecular formula is C39H49N5O4. The Morgan fingerprint density at radius 3 is 2.44 bits per heavy atom. The van der Waals surface area contributed by atoms with E-state index in [1.165, 1.54) is 5.56 Å². The topological polar surface area (TPSA) is 99.8 Å². The number of pyridine rings is 1. The minimum absolute atomic E-state index is 0. The Morgan fingerprint density at radius 2 is 1.81 bits per heavy atom. The first-order chi connectivity index (χ1) is 22.3. The lowest BCUT2D eigenvalue weighted by atomic mass is 9.90. The molecule has 254 valence electrons. The molecule has 48 heavy (non-hydrogen) atoms. The minimum Gasteiger partial charge on any atom is -0.496 e. The second-order valence-corrected chi connectivity index (χ2v) is 13.6. The lowest BCUT2D eigenvalue weighted by Crippen LogP contribution is -2.48. The fraction of sp³-hybridized carbons (Fsp3) is 0.410. The van der Waals surface area contributed by atoms with E-state index in [-0.39, 0.29) is 35.9 Å². The molecule has 2 aliphatic rings. The highest BCUT2D eigenvalue weighted by molar-refractivity contribution is 5.97. The zero-order valence-electron chi connectivity index (χ0n) is 28.7. The molecule has 0 radical (unpaired) electrons. The molecule has 0 saturated carbocycles. The second-order valence-electron chi connectivity index (χ2n) is 13.6. The van der Waals surface area contributed by atoms with Crippen LogP contribution in [0.1, 0.15) is 63.4 Å². The summed E-state index contributed by atoms with van der Waals surface area (Å²) >= 11 is 0. The van der Waals surface area contributed by atoms with E-state index in [1.807, 2.05) is 57.0 Å². The Labute approximate surface area is 284 Å². The molecule has 0 aliphatic carbocycles. The number of aryl methyl sites for hydroxylation is 1. The maximum atomic E-state index is 13.4. The molecule has 0 saturated heterocycles. The van der Waals surface area contributed by atoms with Gasteiger partial charge in [-0.25, -0.2) is 0 Å². The molecule has 0 spiro atoms. The van der Waals surface area contributed by atoms with Gasteiger partial charge in [0.2, 0.25) is 0 Å². The van der Waals surface area contributed by atoms with Crippen LogP contribution in [0.15, 0.2) is 53.0 Å². The van der Waals surface area contributed by atoms with Crippen LogP contribution in [0, 0.1) is 16.7 Å². The predicted molar refractivity (Wildman–Crippen MR) is 192 cm³/mol. The van der Waals surface area contributed by atoms with Gasteiger partial charge in [-0.3, -0.25) is 14.5 Å². The number of carbonyl (C=O) groups is 1. The van der Waals surface area contributed by atoms with Crippen LogP contribution in [0.2, 0.25) is 0 Å². The quantitative estimate of drug-likeness (QED) is 0.285. The van der Waals surface area contributed by atoms with E-state index in [4.69, 9.17) is 9.47 Å². The molecule has 1 amide bonds. The highest BCUT2D eigenvalue weighted by Gasteiger charge is 2.30. The van der Waals surface area contributed by atoms with Gasteiger partial charge in [0.15, 0.2) is 0 Å². The van der Waals surface area contributed by atoms with E-state index in [0.717, 1.165) is 39.5 Å². The molecular weight excluding hydrogens is 602 g/mol. The molecule has 1 unspecified atom stereocenters. The van der Waals surface area contributed by atoms with Gasteiger partial charge in [0.25, 0.3) is 11.5 Å². The van der Waals surface area contributed by atoms with E-state index >= 15 is 0 Å². The SMILES string of the molecule is C.COc1cc(-c2cn(C)c(=O)c3c2=CCNC=3)cc(OC)c1CN(C)Cc1ccc2c(c1)C(C)N(C(=O)/C(C#N)=C/C(C)(C)C)CC2. The van der Waals surface area contributed by atoms with Crippen molar-refractivity contribution in [1.82, 2.24) is 19.7 Å². The Hall–Kier alpha value is -4.81. The molecule has 5 rings (SSSR count). The van der Waals surface area contributed by atoms with Gasteiger partial charge in [-0.05, 0) is 65.4 Å². The van der Waals surface area contributed by atoms with Gasteiger partial charge in [0.1, 0.15) is 23.1 Å². The largest absolute Gasteiger partial charge is 0.496 e. The third-order valence-corrected chi connectivity index (χ3v) is 8.86. The van der Waals surface area contributed by atoms with Crippen molar-refractivity contribution in [2.45, 2.75) is 60.7 Å². The van der Waals surface area contributed by atoms with Gasteiger partial charge in [-0.15, -0.1) is 0 Å². The van der Waals surface area contributed by atoms with E-state index in [9.17, 15) is 14.9 Å². The zero-order valence-corrected chi connectivity index (χ0v) is 28.7. The van der Waals surface area contributed by atoms with Crippen molar-refractivity contribution in [1.29, 1.82) is 5.26 Å². The third-order valence-electron chi connectivity index (χ3n) is 8.86. The molecule has 9 heteroatoms. The molecule has 0 fully saturated rings. The molecule has 1 atom stereocenters. The van der Waals surface area contributed by atoms with Crippen molar-refractivity contribution < 1.29 is 14.3 Å². The molecule has 9 nitrogen and oxygen atoms in total. The lowest BCUT2D eigenvalue weighted by Gasteiger charge is -2.36. The summed E-state index contributed by atoms with van der Waals surface area (Å²) in [5, 5.41) is 14.4. The van der Waals surface area contributed by atoms with E-state index in [1.54, 1.807) is 38.1 Å². The second kappa shape index (κ2) is 14.5. The molecule has 1 N–H and O–H groups in total. The summed E-state index contributed by atoms with van der Waals surface area (Å²) in [4.78, 5) is 30.2. The summed E-state index contributed by atoms with van der Waals surface area (Å²) in [6.07, 6.45) is 8.20. The third kappa shape index (κ3) is 7.34. The molecule has 2 aliphatic heterocycles. The summed E-state index contributed by atoms with van der Waals surface area (Å²) < 4.78 is 13.4. The van der Waals surface area contributed by atoms with Gasteiger partial charge in [-0.1, -0.05) is 58.5 Å². The van der Waals surface area contributed by atoms with E-state index in [0.29, 0.717) is 42.9 Å². The molecule has 0 bridgehead atoms. The van der Waals surface area contributed by atoms with Crippen LogP contribution in [0.4, 0.5) is 0 Å². The van der Waals surface area contributed by atoms with Crippen LogP contribution >= 0.6 is 0 Å². The van der Waals surface area contributed by atoms with Crippen molar-refractivity contribution in [3.63, 3.8) is 0 Å². The lowest BCUT2D eigenvalue weighted by molar-refractivity contribution is -0.129. The van der Waals surface area contributed by atoms with Crippen LogP contribution in [-0.2, 0) is 31.4 Å². The van der Waals surface area contributed by atoms with Crippen molar-refractivity contribution in [3.8, 4) is 28.7 Å². The number of ether oxygens (including phenoxy) is 2. The van der Waals surface area contributed by atoms with Crippen molar-refractivity contribution in [2.24, 2.45) is 12.5 Å². The van der Waals surface area contributed by atoms with Crippen molar-refractivity contribution in [3.05, 3.63) is 91.2 Å². The summed E-state index contributed by atoms with van der Waals surface area (Å²) in [6.45, 7) is 10.5. The summed E-state index contributed by atoms with van der Waals surface area (Å²) in [7, 11) is 7.14. The van der Waals surface area contributed by atoms with Gasteiger partial charge in [-0.2, -0.15) is 5.26 Å². The van der Waals surface area contributed by atoms with E-state index < -0.39 is 0 Å². The number of nitriles is 1. The van der Waals surface area contributed by atoms with Gasteiger partial charge >= 0.3 is 0 Å². The molecule has 2 aromatic carbocycles. The fourth-order valence-electron chi connectivity index (χ4n) is 6.59. The first-order valence-corrected chi connectivity index (χ1v) is 16.0. The summed E-state index contributed by atoms with van der Waals surface area (Å²) in [5.74, 6) is 1.20. The molecule has 3 heterocycles. The predicted octanol–water partition coefficient (Wildman–Crippen LogP) is 4.40. The van der Waals surface area contributed by atoms with Crippen LogP contribution in [-0.4, -0.2) is 54.6 Å². The number of aromatic nitrogens is 1. The zero-order chi connectivity index (χ0) is 34.0. The first kappa shape index (κ1) is 36.0. The number of allylic oxidation sites excluding steroid dienone is 1. The number of hydrogen-bond donors (Lipinski definition) is 1. The highest BCUT2D eigenvalue weighted by Crippen LogP contribution is 2.36. The number of amides is 1. The summed E-state index contributed by atoms with van der Waals surface area (Å²) in [5.41, 5.74) is 6.12. The number of hydrogen-bond acceptors (Lipinski definition) is 7. The summed E-state index contributed by atoms with van der Waals surface area (Å²) in [6, 6.07) is 12.5. The van der Waals surface area contributed by atoms with Crippen LogP contribution in [0.3, 0.4) is 0 Å². The standard InChI is InChI=1S/C38H45N5O4.CH4/c1-24-30-15-25(9-10-26(30)12-14-43(24)36(44)28(19-39)18-38(2,3)4)21-41(5)22-33-34(46-7)16-27(17-35(33)47-8)32-23-42(6)37(45)31-20-40-13-11-29(31)32;/h9-11,15-18,20,23-24,40H,12-14,21-22H2,1-8H3;1H4/b28-18+;. The highest BCUT2D eigenvalue weighted by atomic mass is 16.5. The van der Waals surface area contributed by atoms with Gasteiger partial charge in [0, 0.05) is 51.2 Å². The van der Waals surface area contributed by atoms with Crippen LogP contribution < -0.4 is 30.8 Å². The average Bonchev–Trinajstić information content (AvgIpc) is 3.05. The average molecular weight is 652 g/mol. The van der Waals surface area contributed by atoms with Crippen molar-refractivity contribution in [2.75, 3.05) is 34.4 Å². The smallest absolute Gasteiger partial charge is 0.264 e. The Morgan fingerprint density at radius 1 is 1.12 bits per heavy atom. The molecule has 1 aromatic heterocycles. The number of carbonyl (C=O) groups excluding carboxylic acids is 1. The van der Waals surface area contributed by atoms with Crippen LogP contribution in [0.25, 0.3) is 23.4 Å². The van der Waals surface area contributed by atoms with E-state index in [2.05, 4.69) is 41.5 Å². The number of nitrogens with zero attached hydrogens (tertiary/aromatic N) is 4. The van der Waals surface area contributed by atoms with Gasteiger partial charge < -0.3 is 24.3 Å². The van der Waals surface area contributed by atoms with Gasteiger partial charge in [0.05, 0.1) is 31.0 Å². The Kier molecular flexibility index (Phi) is 10.9. The number of nitrogens with one attached hydrogen (secondary N) is 1. The Balaban J connectivity index is 0.00000520. The number of fused-ring (bicyclic) bond motifs is 2. The van der Waals surface area contributed by atoms with Crippen LogP contribution in [0.5, 0.6) is 11.5 Å². The number of rotatable bonds is 8. The van der Waals surface area contributed by atoms with Crippen molar-refractivity contribution >= 4 is 18.2 Å². The first-order valence-electron chi connectivity index (χ1n) is 16.0. The normalized spacial score (nSPS) is 15.5. The maximum absolute atomic E-state index is 13.4. The molecule has 3 aromatic rings. The minimum atomic E-state index is -0.267. The number of benzene rings is 2. The monoisotopic (exact) mass is 651 g/mol. The maximum Gasteiger partial charge on any atom is 0.264 e. The Bertz CT molecular complexity index is 1940. The fourth-order valence-corrected chi connectivity index (χ4v) is 6.59.